The smallest absolute Gasteiger partial charge is 0.408 e. The van der Waals surface area contributed by atoms with E-state index in [4.69, 9.17) is 4.74 Å². The minimum atomic E-state index is -1.17. The van der Waals surface area contributed by atoms with Crippen LogP contribution in [-0.2, 0) is 25.5 Å². The Morgan fingerprint density at radius 3 is 2.03 bits per heavy atom. The summed E-state index contributed by atoms with van der Waals surface area (Å²) in [5, 5.41) is 17.5. The number of benzene rings is 1. The second kappa shape index (κ2) is 14.6. The molecule has 0 unspecified atom stereocenters. The summed E-state index contributed by atoms with van der Waals surface area (Å²) in [7, 11) is 0. The van der Waals surface area contributed by atoms with Gasteiger partial charge in [-0.3, -0.25) is 9.59 Å². The van der Waals surface area contributed by atoms with Crippen LogP contribution in [0.4, 0.5) is 4.79 Å². The minimum Gasteiger partial charge on any atom is -0.480 e. The van der Waals surface area contributed by atoms with Crippen molar-refractivity contribution in [1.29, 1.82) is 0 Å². The standard InChI is InChI=1S/C25H39N3O6S/c1-16(2)14-19(22(30)27-20(23(31)32)15-17-10-8-7-9-11-17)26-21(29)18(12-13-35-6)28-24(33)34-25(3,4)5/h7-11,16,18-20H,12-15H2,1-6H3,(H,26,29)(H,27,30)(H,28,33)(H,31,32)/t18-,19-,20+/m0/s1. The van der Waals surface area contributed by atoms with E-state index >= 15 is 0 Å². The van der Waals surface area contributed by atoms with E-state index in [1.54, 1.807) is 45.0 Å². The molecule has 0 aromatic heterocycles. The Labute approximate surface area is 212 Å². The van der Waals surface area contributed by atoms with Gasteiger partial charge in [-0.2, -0.15) is 11.8 Å². The first kappa shape index (κ1) is 30.3. The molecule has 3 amide bonds. The molecule has 10 heteroatoms. The monoisotopic (exact) mass is 509 g/mol. The molecular formula is C25H39N3O6S. The third kappa shape index (κ3) is 12.5. The number of alkyl carbamates (subject to hydrolysis) is 1. The van der Waals surface area contributed by atoms with Gasteiger partial charge < -0.3 is 25.8 Å². The first-order valence-electron chi connectivity index (χ1n) is 11.7. The molecule has 1 rings (SSSR count). The van der Waals surface area contributed by atoms with Crippen LogP contribution in [0.2, 0.25) is 0 Å². The Morgan fingerprint density at radius 1 is 0.943 bits per heavy atom. The summed E-state index contributed by atoms with van der Waals surface area (Å²) < 4.78 is 5.27. The molecule has 1 aromatic rings. The number of carboxylic acid groups (broad SMARTS) is 1. The summed E-state index contributed by atoms with van der Waals surface area (Å²) >= 11 is 1.52. The number of thioether (sulfide) groups is 1. The molecule has 0 saturated carbocycles. The predicted molar refractivity (Wildman–Crippen MR) is 137 cm³/mol. The fourth-order valence-corrected chi connectivity index (χ4v) is 3.72. The first-order chi connectivity index (χ1) is 16.3. The summed E-state index contributed by atoms with van der Waals surface area (Å²) in [6, 6.07) is 5.97. The lowest BCUT2D eigenvalue weighted by molar-refractivity contribution is -0.142. The maximum atomic E-state index is 13.1. The van der Waals surface area contributed by atoms with Gasteiger partial charge in [0.1, 0.15) is 23.7 Å². The van der Waals surface area contributed by atoms with Gasteiger partial charge in [0, 0.05) is 6.42 Å². The molecule has 3 atom stereocenters. The molecule has 4 N–H and O–H groups in total. The Kier molecular flexibility index (Phi) is 12.6. The largest absolute Gasteiger partial charge is 0.480 e. The molecule has 0 aliphatic heterocycles. The van der Waals surface area contributed by atoms with Gasteiger partial charge in [0.25, 0.3) is 0 Å². The zero-order chi connectivity index (χ0) is 26.6. The van der Waals surface area contributed by atoms with E-state index in [1.807, 2.05) is 26.2 Å². The highest BCUT2D eigenvalue weighted by molar-refractivity contribution is 7.98. The topological polar surface area (TPSA) is 134 Å². The number of carbonyl (C=O) groups is 4. The van der Waals surface area contributed by atoms with Crippen LogP contribution < -0.4 is 16.0 Å². The second-order valence-corrected chi connectivity index (χ2v) is 10.7. The number of aliphatic carboxylic acids is 1. The molecule has 0 aliphatic carbocycles. The number of hydrogen-bond acceptors (Lipinski definition) is 6. The van der Waals surface area contributed by atoms with Crippen molar-refractivity contribution in [2.75, 3.05) is 12.0 Å². The molecule has 0 fully saturated rings. The van der Waals surface area contributed by atoms with Crippen LogP contribution >= 0.6 is 11.8 Å². The second-order valence-electron chi connectivity index (χ2n) is 9.76. The molecule has 0 spiro atoms. The van der Waals surface area contributed by atoms with Gasteiger partial charge >= 0.3 is 12.1 Å². The molecule has 0 bridgehead atoms. The van der Waals surface area contributed by atoms with E-state index in [-0.39, 0.29) is 12.3 Å². The molecule has 0 saturated heterocycles. The van der Waals surface area contributed by atoms with Crippen molar-refractivity contribution >= 4 is 35.6 Å². The van der Waals surface area contributed by atoms with Crippen LogP contribution in [0.15, 0.2) is 30.3 Å². The average molecular weight is 510 g/mol. The van der Waals surface area contributed by atoms with Crippen molar-refractivity contribution in [2.45, 2.75) is 77.6 Å². The number of rotatable bonds is 13. The van der Waals surface area contributed by atoms with Crippen molar-refractivity contribution in [3.63, 3.8) is 0 Å². The van der Waals surface area contributed by atoms with Gasteiger partial charge in [0.15, 0.2) is 0 Å². The summed E-state index contributed by atoms with van der Waals surface area (Å²) in [5.74, 6) is -1.63. The fourth-order valence-electron chi connectivity index (χ4n) is 3.25. The van der Waals surface area contributed by atoms with Gasteiger partial charge in [-0.05, 0) is 57.1 Å². The van der Waals surface area contributed by atoms with Crippen molar-refractivity contribution in [3.8, 4) is 0 Å². The molecule has 0 aliphatic rings. The summed E-state index contributed by atoms with van der Waals surface area (Å²) in [5.41, 5.74) is 0.0401. The fraction of sp³-hybridized carbons (Fsp3) is 0.600. The molecule has 9 nitrogen and oxygen atoms in total. The molecule has 1 aromatic carbocycles. The highest BCUT2D eigenvalue weighted by Crippen LogP contribution is 2.11. The maximum Gasteiger partial charge on any atom is 0.408 e. The number of carboxylic acids is 1. The van der Waals surface area contributed by atoms with Crippen LogP contribution in [-0.4, -0.2) is 64.7 Å². The Bertz CT molecular complexity index is 841. The Morgan fingerprint density at radius 2 is 1.51 bits per heavy atom. The molecule has 0 radical (unpaired) electrons. The zero-order valence-electron chi connectivity index (χ0n) is 21.4. The number of amides is 3. The SMILES string of the molecule is CSCC[C@H](NC(=O)OC(C)(C)C)C(=O)N[C@@H](CC(C)C)C(=O)N[C@H](Cc1ccccc1)C(=O)O. The third-order valence-electron chi connectivity index (χ3n) is 4.86. The summed E-state index contributed by atoms with van der Waals surface area (Å²) in [6.07, 6.45) is 1.92. The molecule has 0 heterocycles. The minimum absolute atomic E-state index is 0.0481. The first-order valence-corrected chi connectivity index (χ1v) is 13.1. The lowest BCUT2D eigenvalue weighted by Gasteiger charge is -2.26. The number of carbonyl (C=O) groups excluding carboxylic acids is 3. The van der Waals surface area contributed by atoms with Crippen LogP contribution in [0.1, 0.15) is 53.0 Å². The van der Waals surface area contributed by atoms with Crippen molar-refractivity contribution in [2.24, 2.45) is 5.92 Å². The van der Waals surface area contributed by atoms with Gasteiger partial charge in [-0.15, -0.1) is 0 Å². The predicted octanol–water partition coefficient (Wildman–Crippen LogP) is 2.98. The average Bonchev–Trinajstić information content (AvgIpc) is 2.74. The van der Waals surface area contributed by atoms with E-state index < -0.39 is 47.6 Å². The van der Waals surface area contributed by atoms with E-state index in [2.05, 4.69) is 16.0 Å². The van der Waals surface area contributed by atoms with E-state index in [0.717, 1.165) is 5.56 Å². The number of hydrogen-bond donors (Lipinski definition) is 4. The normalized spacial score (nSPS) is 13.9. The summed E-state index contributed by atoms with van der Waals surface area (Å²) in [6.45, 7) is 8.97. The van der Waals surface area contributed by atoms with E-state index in [9.17, 15) is 24.3 Å². The molecular weight excluding hydrogens is 470 g/mol. The molecule has 196 valence electrons. The lowest BCUT2D eigenvalue weighted by atomic mass is 10.0. The Hall–Kier alpha value is -2.75. The highest BCUT2D eigenvalue weighted by Gasteiger charge is 2.30. The van der Waals surface area contributed by atoms with Crippen LogP contribution in [0, 0.1) is 5.92 Å². The van der Waals surface area contributed by atoms with Gasteiger partial charge in [-0.1, -0.05) is 44.2 Å². The Balaban J connectivity index is 2.96. The zero-order valence-corrected chi connectivity index (χ0v) is 22.2. The summed E-state index contributed by atoms with van der Waals surface area (Å²) in [4.78, 5) is 50.2. The van der Waals surface area contributed by atoms with Gasteiger partial charge in [0.2, 0.25) is 11.8 Å². The van der Waals surface area contributed by atoms with E-state index in [1.165, 1.54) is 11.8 Å². The maximum absolute atomic E-state index is 13.1. The van der Waals surface area contributed by atoms with E-state index in [0.29, 0.717) is 18.6 Å². The lowest BCUT2D eigenvalue weighted by Crippen LogP contribution is -2.56. The van der Waals surface area contributed by atoms with Crippen LogP contribution in [0.25, 0.3) is 0 Å². The van der Waals surface area contributed by atoms with Crippen LogP contribution in [0.5, 0.6) is 0 Å². The van der Waals surface area contributed by atoms with Gasteiger partial charge in [-0.25, -0.2) is 9.59 Å². The molecule has 35 heavy (non-hydrogen) atoms. The van der Waals surface area contributed by atoms with Crippen molar-refractivity contribution < 1.29 is 29.0 Å². The third-order valence-corrected chi connectivity index (χ3v) is 5.50. The number of nitrogens with one attached hydrogen (secondary N) is 3. The number of ether oxygens (including phenoxy) is 1. The van der Waals surface area contributed by atoms with Crippen molar-refractivity contribution in [3.05, 3.63) is 35.9 Å². The quantitative estimate of drug-likeness (QED) is 0.321. The van der Waals surface area contributed by atoms with Crippen LogP contribution in [0.3, 0.4) is 0 Å². The van der Waals surface area contributed by atoms with Gasteiger partial charge in [0.05, 0.1) is 0 Å². The van der Waals surface area contributed by atoms with Crippen molar-refractivity contribution in [1.82, 2.24) is 16.0 Å². The highest BCUT2D eigenvalue weighted by atomic mass is 32.2.